The fourth-order valence-electron chi connectivity index (χ4n) is 1.98. The Morgan fingerprint density at radius 3 is 2.83 bits per heavy atom. The molecule has 8 heteroatoms. The molecule has 0 fully saturated rings. The maximum atomic E-state index is 13.3. The molecule has 122 valence electrons. The van der Waals surface area contributed by atoms with E-state index in [0.717, 1.165) is 4.90 Å². The van der Waals surface area contributed by atoms with Gasteiger partial charge in [0.25, 0.3) is 5.91 Å². The van der Waals surface area contributed by atoms with E-state index in [2.05, 4.69) is 15.5 Å². The summed E-state index contributed by atoms with van der Waals surface area (Å²) in [7, 11) is 1.82. The standard InChI is InChI=1S/C16H12ClFN4OS/c1-22-9-19-21-16(22)24-14-6-5-11(17)8-13(14)20-15(23)10-3-2-4-12(18)7-10/h2-9H,1H3,(H,20,23). The lowest BCUT2D eigenvalue weighted by atomic mass is 10.2. The van der Waals surface area contributed by atoms with Crippen molar-refractivity contribution in [3.63, 3.8) is 0 Å². The fraction of sp³-hybridized carbons (Fsp3) is 0.0625. The summed E-state index contributed by atoms with van der Waals surface area (Å²) in [5, 5.41) is 11.7. The smallest absolute Gasteiger partial charge is 0.255 e. The van der Waals surface area contributed by atoms with E-state index in [1.807, 2.05) is 7.05 Å². The average Bonchev–Trinajstić information content (AvgIpc) is 2.95. The van der Waals surface area contributed by atoms with Gasteiger partial charge in [0.15, 0.2) is 5.16 Å². The van der Waals surface area contributed by atoms with Crippen LogP contribution in [0.15, 0.2) is 58.8 Å². The number of benzene rings is 2. The molecule has 1 amide bonds. The second-order valence-electron chi connectivity index (χ2n) is 4.93. The third kappa shape index (κ3) is 3.74. The molecule has 0 saturated carbocycles. The number of aromatic nitrogens is 3. The molecule has 24 heavy (non-hydrogen) atoms. The summed E-state index contributed by atoms with van der Waals surface area (Å²) >= 11 is 7.37. The normalized spacial score (nSPS) is 10.6. The molecule has 1 N–H and O–H groups in total. The SMILES string of the molecule is Cn1cnnc1Sc1ccc(Cl)cc1NC(=O)c1cccc(F)c1. The van der Waals surface area contributed by atoms with Crippen LogP contribution in [0.5, 0.6) is 0 Å². The van der Waals surface area contributed by atoms with Crippen molar-refractivity contribution in [3.05, 3.63) is 65.2 Å². The zero-order valence-corrected chi connectivity index (χ0v) is 14.1. The molecule has 3 aromatic rings. The first-order chi connectivity index (χ1) is 11.5. The monoisotopic (exact) mass is 362 g/mol. The van der Waals surface area contributed by atoms with Crippen LogP contribution in [0.2, 0.25) is 5.02 Å². The second-order valence-corrected chi connectivity index (χ2v) is 6.38. The van der Waals surface area contributed by atoms with Crippen molar-refractivity contribution >= 4 is 35.0 Å². The Labute approximate surface area is 146 Å². The van der Waals surface area contributed by atoms with E-state index in [4.69, 9.17) is 11.6 Å². The number of aryl methyl sites for hydroxylation is 1. The zero-order valence-electron chi connectivity index (χ0n) is 12.5. The molecule has 0 radical (unpaired) electrons. The molecule has 0 unspecified atom stereocenters. The number of hydrogen-bond donors (Lipinski definition) is 1. The Hall–Kier alpha value is -2.38. The number of rotatable bonds is 4. The van der Waals surface area contributed by atoms with Gasteiger partial charge in [0.2, 0.25) is 0 Å². The highest BCUT2D eigenvalue weighted by atomic mass is 35.5. The van der Waals surface area contributed by atoms with Gasteiger partial charge < -0.3 is 9.88 Å². The van der Waals surface area contributed by atoms with Gasteiger partial charge in [0.05, 0.1) is 5.69 Å². The van der Waals surface area contributed by atoms with Gasteiger partial charge in [-0.2, -0.15) is 0 Å². The second kappa shape index (κ2) is 7.02. The number of amides is 1. The van der Waals surface area contributed by atoms with Gasteiger partial charge in [-0.05, 0) is 48.2 Å². The van der Waals surface area contributed by atoms with Crippen LogP contribution in [-0.4, -0.2) is 20.7 Å². The first kappa shape index (κ1) is 16.5. The van der Waals surface area contributed by atoms with Crippen molar-refractivity contribution in [1.82, 2.24) is 14.8 Å². The summed E-state index contributed by atoms with van der Waals surface area (Å²) in [6.07, 6.45) is 1.59. The van der Waals surface area contributed by atoms with Gasteiger partial charge in [0, 0.05) is 22.5 Å². The predicted octanol–water partition coefficient (Wildman–Crippen LogP) is 4.01. The van der Waals surface area contributed by atoms with Gasteiger partial charge in [0.1, 0.15) is 12.1 Å². The van der Waals surface area contributed by atoms with E-state index in [0.29, 0.717) is 15.9 Å². The largest absolute Gasteiger partial charge is 0.321 e. The summed E-state index contributed by atoms with van der Waals surface area (Å²) in [6, 6.07) is 10.6. The number of hydrogen-bond acceptors (Lipinski definition) is 4. The number of carbonyl (C=O) groups is 1. The quantitative estimate of drug-likeness (QED) is 0.761. The number of halogens is 2. The minimum atomic E-state index is -0.470. The molecule has 0 aliphatic heterocycles. The van der Waals surface area contributed by atoms with Gasteiger partial charge >= 0.3 is 0 Å². The van der Waals surface area contributed by atoms with Crippen molar-refractivity contribution in [2.24, 2.45) is 7.05 Å². The lowest BCUT2D eigenvalue weighted by Crippen LogP contribution is -2.12. The highest BCUT2D eigenvalue weighted by Gasteiger charge is 2.13. The topological polar surface area (TPSA) is 59.8 Å². The molecule has 5 nitrogen and oxygen atoms in total. The molecule has 0 spiro atoms. The lowest BCUT2D eigenvalue weighted by molar-refractivity contribution is 0.102. The Balaban J connectivity index is 1.88. The first-order valence-electron chi connectivity index (χ1n) is 6.91. The summed E-state index contributed by atoms with van der Waals surface area (Å²) in [5.74, 6) is -0.890. The highest BCUT2D eigenvalue weighted by Crippen LogP contribution is 2.34. The van der Waals surface area contributed by atoms with Crippen molar-refractivity contribution in [2.75, 3.05) is 5.32 Å². The number of anilines is 1. The molecular formula is C16H12ClFN4OS. The molecule has 0 bridgehead atoms. The minimum absolute atomic E-state index is 0.226. The minimum Gasteiger partial charge on any atom is -0.321 e. The van der Waals surface area contributed by atoms with Crippen LogP contribution in [0.3, 0.4) is 0 Å². The summed E-state index contributed by atoms with van der Waals surface area (Å²) in [4.78, 5) is 13.1. The Kier molecular flexibility index (Phi) is 4.82. The van der Waals surface area contributed by atoms with Crippen molar-refractivity contribution in [3.8, 4) is 0 Å². The third-order valence-electron chi connectivity index (χ3n) is 3.15. The van der Waals surface area contributed by atoms with E-state index in [1.165, 1.54) is 30.0 Å². The fourth-order valence-corrected chi connectivity index (χ4v) is 2.98. The summed E-state index contributed by atoms with van der Waals surface area (Å²) in [6.45, 7) is 0. The molecule has 0 saturated heterocycles. The van der Waals surface area contributed by atoms with Crippen LogP contribution in [-0.2, 0) is 7.05 Å². The zero-order chi connectivity index (χ0) is 17.1. The maximum absolute atomic E-state index is 13.3. The van der Waals surface area contributed by atoms with Crippen LogP contribution < -0.4 is 5.32 Å². The number of nitrogens with zero attached hydrogens (tertiary/aromatic N) is 3. The molecule has 0 aliphatic rings. The van der Waals surface area contributed by atoms with E-state index >= 15 is 0 Å². The molecule has 1 aromatic heterocycles. The maximum Gasteiger partial charge on any atom is 0.255 e. The molecule has 0 aliphatic carbocycles. The molecule has 2 aromatic carbocycles. The van der Waals surface area contributed by atoms with Crippen LogP contribution in [0.4, 0.5) is 10.1 Å². The number of carbonyl (C=O) groups excluding carboxylic acids is 1. The molecular weight excluding hydrogens is 351 g/mol. The van der Waals surface area contributed by atoms with Crippen LogP contribution in [0, 0.1) is 5.82 Å². The Morgan fingerprint density at radius 1 is 1.29 bits per heavy atom. The third-order valence-corrected chi connectivity index (χ3v) is 4.51. The van der Waals surface area contributed by atoms with Gasteiger partial charge in [-0.15, -0.1) is 10.2 Å². The van der Waals surface area contributed by atoms with Crippen LogP contribution >= 0.6 is 23.4 Å². The Bertz CT molecular complexity index is 899. The lowest BCUT2D eigenvalue weighted by Gasteiger charge is -2.11. The van der Waals surface area contributed by atoms with Crippen molar-refractivity contribution in [1.29, 1.82) is 0 Å². The van der Waals surface area contributed by atoms with Crippen molar-refractivity contribution in [2.45, 2.75) is 10.1 Å². The molecule has 1 heterocycles. The van der Waals surface area contributed by atoms with E-state index in [1.54, 1.807) is 35.2 Å². The van der Waals surface area contributed by atoms with Gasteiger partial charge in [-0.1, -0.05) is 17.7 Å². The highest BCUT2D eigenvalue weighted by molar-refractivity contribution is 7.99. The van der Waals surface area contributed by atoms with E-state index < -0.39 is 11.7 Å². The average molecular weight is 363 g/mol. The summed E-state index contributed by atoms with van der Waals surface area (Å²) in [5.41, 5.74) is 0.745. The summed E-state index contributed by atoms with van der Waals surface area (Å²) < 4.78 is 15.0. The predicted molar refractivity (Wildman–Crippen MR) is 90.9 cm³/mol. The van der Waals surface area contributed by atoms with Gasteiger partial charge in [-0.3, -0.25) is 4.79 Å². The van der Waals surface area contributed by atoms with Crippen LogP contribution in [0.25, 0.3) is 0 Å². The number of nitrogens with one attached hydrogen (secondary N) is 1. The van der Waals surface area contributed by atoms with Crippen LogP contribution in [0.1, 0.15) is 10.4 Å². The van der Waals surface area contributed by atoms with E-state index in [9.17, 15) is 9.18 Å². The van der Waals surface area contributed by atoms with E-state index in [-0.39, 0.29) is 5.56 Å². The first-order valence-corrected chi connectivity index (χ1v) is 8.11. The molecule has 0 atom stereocenters. The van der Waals surface area contributed by atoms with Gasteiger partial charge in [-0.25, -0.2) is 4.39 Å². The van der Waals surface area contributed by atoms with Crippen molar-refractivity contribution < 1.29 is 9.18 Å². The Morgan fingerprint density at radius 2 is 2.12 bits per heavy atom. The molecule has 3 rings (SSSR count).